The van der Waals surface area contributed by atoms with Crippen LogP contribution in [0, 0.1) is 0 Å². The molecule has 0 aliphatic carbocycles. The molecule has 52 heavy (non-hydrogen) atoms. The summed E-state index contributed by atoms with van der Waals surface area (Å²) < 4.78 is 10.3. The van der Waals surface area contributed by atoms with E-state index in [1.165, 1.54) is 106 Å². The van der Waals surface area contributed by atoms with Crippen LogP contribution in [0.25, 0.3) is 106 Å². The fraction of sp³-hybridized carbons (Fsp3) is 0. The van der Waals surface area contributed by atoms with Crippen LogP contribution >= 0.6 is 22.7 Å². The average molecular weight is 697 g/mol. The van der Waals surface area contributed by atoms with Crippen molar-refractivity contribution in [3.63, 3.8) is 0 Å². The number of nitrogens with zero attached hydrogens (tertiary/aromatic N) is 2. The largest absolute Gasteiger partial charge is 0.307 e. The van der Waals surface area contributed by atoms with E-state index in [1.54, 1.807) is 0 Å². The number of aromatic nitrogens is 2. The zero-order chi connectivity index (χ0) is 33.9. The predicted octanol–water partition coefficient (Wildman–Crippen LogP) is 14.3. The molecule has 0 bridgehead atoms. The van der Waals surface area contributed by atoms with Crippen LogP contribution in [-0.4, -0.2) is 9.13 Å². The summed E-state index contributed by atoms with van der Waals surface area (Å²) in [6, 6.07) is 62.7. The molecule has 4 heterocycles. The standard InChI is InChI=1S/C48H28N2S2/c1-2-12-29(13-3-1)49-40-20-7-4-14-31(40)34-25-26-35-32-15-5-8-21-41(32)50(47(35)46(34)49)30-24-27-43-39(28-30)37-19-10-18-36(48(37)52-43)33-17-11-23-44-45(33)38-16-6-9-22-42(38)51-44/h1-28H. The first-order valence-electron chi connectivity index (χ1n) is 17.7. The molecule has 0 saturated heterocycles. The quantitative estimate of drug-likeness (QED) is 0.174. The van der Waals surface area contributed by atoms with Crippen LogP contribution in [0.4, 0.5) is 0 Å². The van der Waals surface area contributed by atoms with Crippen molar-refractivity contribution in [3.05, 3.63) is 170 Å². The van der Waals surface area contributed by atoms with Gasteiger partial charge in [-0.25, -0.2) is 0 Å². The number of fused-ring (bicyclic) bond motifs is 13. The van der Waals surface area contributed by atoms with Crippen molar-refractivity contribution in [2.45, 2.75) is 0 Å². The van der Waals surface area contributed by atoms with Crippen molar-refractivity contribution >= 4 is 107 Å². The summed E-state index contributed by atoms with van der Waals surface area (Å²) in [6.07, 6.45) is 0. The van der Waals surface area contributed by atoms with E-state index in [1.807, 2.05) is 22.7 Å². The lowest BCUT2D eigenvalue weighted by molar-refractivity contribution is 1.15. The van der Waals surface area contributed by atoms with Crippen molar-refractivity contribution in [1.29, 1.82) is 0 Å². The smallest absolute Gasteiger partial charge is 0.0788 e. The highest BCUT2D eigenvalue weighted by Crippen LogP contribution is 2.47. The van der Waals surface area contributed by atoms with Crippen molar-refractivity contribution in [2.24, 2.45) is 0 Å². The molecule has 0 amide bonds. The van der Waals surface area contributed by atoms with Gasteiger partial charge < -0.3 is 9.13 Å². The molecule has 0 radical (unpaired) electrons. The third-order valence-electron chi connectivity index (χ3n) is 10.9. The molecule has 242 valence electrons. The lowest BCUT2D eigenvalue weighted by atomic mass is 9.98. The number of hydrogen-bond acceptors (Lipinski definition) is 2. The second-order valence-corrected chi connectivity index (χ2v) is 15.8. The minimum absolute atomic E-state index is 1.17. The van der Waals surface area contributed by atoms with E-state index in [0.717, 1.165) is 0 Å². The van der Waals surface area contributed by atoms with Gasteiger partial charge in [-0.05, 0) is 60.2 Å². The molecule has 0 N–H and O–H groups in total. The molecule has 12 aromatic rings. The molecule has 0 unspecified atom stereocenters. The van der Waals surface area contributed by atoms with Crippen LogP contribution in [0.5, 0.6) is 0 Å². The topological polar surface area (TPSA) is 9.86 Å². The summed E-state index contributed by atoms with van der Waals surface area (Å²) in [7, 11) is 0. The lowest BCUT2D eigenvalue weighted by Gasteiger charge is -2.13. The SMILES string of the molecule is c1ccc(-n2c3ccccc3c3ccc4c5ccccc5n(-c5ccc6sc7c(-c8cccc9sc%10ccccc%10c89)cccc7c6c5)c4c32)cc1. The maximum atomic E-state index is 2.51. The third kappa shape index (κ3) is 3.83. The van der Waals surface area contributed by atoms with E-state index in [0.29, 0.717) is 0 Å². The van der Waals surface area contributed by atoms with Crippen LogP contribution in [0.3, 0.4) is 0 Å². The van der Waals surface area contributed by atoms with Gasteiger partial charge in [-0.2, -0.15) is 0 Å². The summed E-state index contributed by atoms with van der Waals surface area (Å²) >= 11 is 3.79. The predicted molar refractivity (Wildman–Crippen MR) is 226 cm³/mol. The Bertz CT molecular complexity index is 3410. The summed E-state index contributed by atoms with van der Waals surface area (Å²) in [5, 5.41) is 10.3. The van der Waals surface area contributed by atoms with Gasteiger partial charge in [0, 0.05) is 78.8 Å². The van der Waals surface area contributed by atoms with Gasteiger partial charge in [0.25, 0.3) is 0 Å². The highest BCUT2D eigenvalue weighted by Gasteiger charge is 2.22. The first-order valence-corrected chi connectivity index (χ1v) is 19.3. The Morgan fingerprint density at radius 3 is 1.67 bits per heavy atom. The summed E-state index contributed by atoms with van der Waals surface area (Å²) in [6.45, 7) is 0. The number of benzene rings is 8. The molecule has 0 aliphatic heterocycles. The maximum absolute atomic E-state index is 2.51. The monoisotopic (exact) mass is 696 g/mol. The van der Waals surface area contributed by atoms with Gasteiger partial charge in [0.1, 0.15) is 0 Å². The summed E-state index contributed by atoms with van der Waals surface area (Å²) in [4.78, 5) is 0. The third-order valence-corrected chi connectivity index (χ3v) is 13.3. The Hall–Kier alpha value is -6.20. The van der Waals surface area contributed by atoms with Crippen molar-refractivity contribution in [3.8, 4) is 22.5 Å². The van der Waals surface area contributed by atoms with E-state index in [-0.39, 0.29) is 0 Å². The number of para-hydroxylation sites is 3. The molecule has 4 aromatic heterocycles. The minimum Gasteiger partial charge on any atom is -0.307 e. The zero-order valence-electron chi connectivity index (χ0n) is 27.9. The highest BCUT2D eigenvalue weighted by molar-refractivity contribution is 7.26. The molecule has 8 aromatic carbocycles. The van der Waals surface area contributed by atoms with Gasteiger partial charge in [-0.15, -0.1) is 22.7 Å². The van der Waals surface area contributed by atoms with Crippen molar-refractivity contribution in [2.75, 3.05) is 0 Å². The molecule has 0 aliphatic rings. The van der Waals surface area contributed by atoms with Crippen molar-refractivity contribution < 1.29 is 0 Å². The first kappa shape index (κ1) is 28.5. The fourth-order valence-electron chi connectivity index (χ4n) is 8.75. The van der Waals surface area contributed by atoms with Gasteiger partial charge in [0.15, 0.2) is 0 Å². The molecule has 0 spiro atoms. The molecule has 4 heteroatoms. The van der Waals surface area contributed by atoms with Crippen molar-refractivity contribution in [1.82, 2.24) is 9.13 Å². The van der Waals surface area contributed by atoms with E-state index < -0.39 is 0 Å². The average Bonchev–Trinajstić information content (AvgIpc) is 3.95. The molecule has 0 saturated carbocycles. The van der Waals surface area contributed by atoms with Gasteiger partial charge in [-0.3, -0.25) is 0 Å². The van der Waals surface area contributed by atoms with Crippen LogP contribution in [-0.2, 0) is 0 Å². The molecule has 2 nitrogen and oxygen atoms in total. The second kappa shape index (κ2) is 10.7. The molecular formula is C48H28N2S2. The molecule has 12 rings (SSSR count). The van der Waals surface area contributed by atoms with Gasteiger partial charge in [-0.1, -0.05) is 115 Å². The molecule has 0 fully saturated rings. The Morgan fingerprint density at radius 1 is 0.327 bits per heavy atom. The van der Waals surface area contributed by atoms with Crippen LogP contribution in [0.2, 0.25) is 0 Å². The fourth-order valence-corrected chi connectivity index (χ4v) is 11.1. The van der Waals surface area contributed by atoms with Gasteiger partial charge in [0.05, 0.1) is 22.1 Å². The Balaban J connectivity index is 1.17. The minimum atomic E-state index is 1.17. The normalized spacial score (nSPS) is 12.2. The maximum Gasteiger partial charge on any atom is 0.0788 e. The lowest BCUT2D eigenvalue weighted by Crippen LogP contribution is -1.98. The highest BCUT2D eigenvalue weighted by atomic mass is 32.1. The van der Waals surface area contributed by atoms with Gasteiger partial charge in [0.2, 0.25) is 0 Å². The first-order chi connectivity index (χ1) is 25.8. The molecular weight excluding hydrogens is 669 g/mol. The number of rotatable bonds is 3. The van der Waals surface area contributed by atoms with E-state index in [9.17, 15) is 0 Å². The van der Waals surface area contributed by atoms with E-state index in [4.69, 9.17) is 0 Å². The Kier molecular flexibility index (Phi) is 5.84. The zero-order valence-corrected chi connectivity index (χ0v) is 29.5. The van der Waals surface area contributed by atoms with E-state index in [2.05, 4.69) is 179 Å². The number of thiophene rings is 2. The second-order valence-electron chi connectivity index (χ2n) is 13.6. The Labute approximate surface area is 306 Å². The summed E-state index contributed by atoms with van der Waals surface area (Å²) in [5.41, 5.74) is 9.85. The summed E-state index contributed by atoms with van der Waals surface area (Å²) in [5.74, 6) is 0. The van der Waals surface area contributed by atoms with Crippen LogP contribution in [0.15, 0.2) is 170 Å². The molecule has 0 atom stereocenters. The van der Waals surface area contributed by atoms with E-state index >= 15 is 0 Å². The van der Waals surface area contributed by atoms with Gasteiger partial charge >= 0.3 is 0 Å². The van der Waals surface area contributed by atoms with Crippen LogP contribution in [0.1, 0.15) is 0 Å². The van der Waals surface area contributed by atoms with Crippen LogP contribution < -0.4 is 0 Å². The Morgan fingerprint density at radius 2 is 0.904 bits per heavy atom. The number of hydrogen-bond donors (Lipinski definition) is 0.